The molecule has 0 nitrogen and oxygen atoms in total. The third-order valence-corrected chi connectivity index (χ3v) is 4.22. The molecule has 0 saturated heterocycles. The third-order valence-electron chi connectivity index (χ3n) is 1.87. The van der Waals surface area contributed by atoms with Crippen LogP contribution in [0.25, 0.3) is 0 Å². The van der Waals surface area contributed by atoms with E-state index < -0.39 is 0 Å². The molecular weight excluding hydrogens is 232 g/mol. The molecule has 0 heterocycles. The summed E-state index contributed by atoms with van der Waals surface area (Å²) in [6, 6.07) is 0. The molecule has 0 aromatic heterocycles. The van der Waals surface area contributed by atoms with Gasteiger partial charge in [-0.25, -0.2) is 0 Å². The second kappa shape index (κ2) is 2.30. The maximum Gasteiger partial charge on any atom is 0.0831 e. The molecule has 48 valence electrons. The monoisotopic (exact) mass is 240 g/mol. The molecule has 8 heavy (non-hydrogen) atoms. The van der Waals surface area contributed by atoms with Crippen LogP contribution in [0.5, 0.6) is 0 Å². The summed E-state index contributed by atoms with van der Waals surface area (Å²) in [5, 5.41) is 0. The van der Waals surface area contributed by atoms with Gasteiger partial charge < -0.3 is 0 Å². The third kappa shape index (κ3) is 1.27. The minimum atomic E-state index is 0.278. The molecule has 0 radical (unpaired) electrons. The fourth-order valence-corrected chi connectivity index (χ4v) is 2.12. The highest BCUT2D eigenvalue weighted by Gasteiger charge is 2.34. The minimum absolute atomic E-state index is 0.278. The number of alkyl halides is 2. The Balaban J connectivity index is 2.54. The predicted octanol–water partition coefficient (Wildman–Crippen LogP) is 3.29. The van der Waals surface area contributed by atoms with Gasteiger partial charge in [0.2, 0.25) is 0 Å². The first-order valence-corrected chi connectivity index (χ1v) is 4.59. The van der Waals surface area contributed by atoms with Gasteiger partial charge in [-0.3, -0.25) is 0 Å². The van der Waals surface area contributed by atoms with Gasteiger partial charge in [0.1, 0.15) is 0 Å². The number of hydrogen-bond acceptors (Lipinski definition) is 0. The summed E-state index contributed by atoms with van der Waals surface area (Å²) in [4.78, 5) is 0. The topological polar surface area (TPSA) is 0 Å². The molecule has 1 atom stereocenters. The van der Waals surface area contributed by atoms with Crippen LogP contribution in [0.1, 0.15) is 26.2 Å². The van der Waals surface area contributed by atoms with E-state index >= 15 is 0 Å². The van der Waals surface area contributed by atoms with Crippen molar-refractivity contribution in [1.29, 1.82) is 0 Å². The van der Waals surface area contributed by atoms with Gasteiger partial charge in [-0.2, -0.15) is 0 Å². The van der Waals surface area contributed by atoms with Crippen molar-refractivity contribution < 1.29 is 0 Å². The Morgan fingerprint density at radius 3 is 2.25 bits per heavy atom. The number of hydrogen-bond donors (Lipinski definition) is 0. The van der Waals surface area contributed by atoms with E-state index in [-0.39, 0.29) is 3.23 Å². The Kier molecular flexibility index (Phi) is 2.03. The van der Waals surface area contributed by atoms with E-state index in [2.05, 4.69) is 38.8 Å². The molecule has 1 saturated carbocycles. The zero-order chi connectivity index (χ0) is 6.20. The predicted molar refractivity (Wildman–Crippen MR) is 43.6 cm³/mol. The molecule has 1 rings (SSSR count). The van der Waals surface area contributed by atoms with E-state index in [0.29, 0.717) is 0 Å². The van der Waals surface area contributed by atoms with Crippen LogP contribution >= 0.6 is 31.9 Å². The Hall–Kier alpha value is 0.960. The van der Waals surface area contributed by atoms with E-state index in [1.807, 2.05) is 0 Å². The van der Waals surface area contributed by atoms with Crippen molar-refractivity contribution in [2.45, 2.75) is 29.4 Å². The normalized spacial score (nSPS) is 35.6. The van der Waals surface area contributed by atoms with Crippen molar-refractivity contribution in [1.82, 2.24) is 0 Å². The summed E-state index contributed by atoms with van der Waals surface area (Å²) in [6.45, 7) is 2.27. The van der Waals surface area contributed by atoms with Crippen molar-refractivity contribution in [2.24, 2.45) is 5.92 Å². The maximum absolute atomic E-state index is 3.62. The van der Waals surface area contributed by atoms with Gasteiger partial charge in [0.25, 0.3) is 0 Å². The second-order valence-electron chi connectivity index (χ2n) is 2.55. The van der Waals surface area contributed by atoms with Crippen molar-refractivity contribution in [3.8, 4) is 0 Å². The summed E-state index contributed by atoms with van der Waals surface area (Å²) < 4.78 is 0.278. The van der Waals surface area contributed by atoms with Crippen LogP contribution in [0.4, 0.5) is 0 Å². The van der Waals surface area contributed by atoms with Gasteiger partial charge in [0.15, 0.2) is 0 Å². The highest BCUT2D eigenvalue weighted by molar-refractivity contribution is 9.25. The molecule has 2 heteroatoms. The number of rotatable bonds is 0. The van der Waals surface area contributed by atoms with Crippen LogP contribution < -0.4 is 0 Å². The van der Waals surface area contributed by atoms with Gasteiger partial charge in [-0.15, -0.1) is 0 Å². The zero-order valence-corrected chi connectivity index (χ0v) is 8.13. The van der Waals surface area contributed by atoms with E-state index in [1.54, 1.807) is 0 Å². The lowest BCUT2D eigenvalue weighted by molar-refractivity contribution is 0.610. The SMILES string of the molecule is CC1CCCC1(Br)Br. The fraction of sp³-hybridized carbons (Fsp3) is 1.00. The molecule has 0 amide bonds. The van der Waals surface area contributed by atoms with Gasteiger partial charge in [-0.05, 0) is 18.8 Å². The molecule has 1 fully saturated rings. The summed E-state index contributed by atoms with van der Waals surface area (Å²) in [7, 11) is 0. The lowest BCUT2D eigenvalue weighted by Gasteiger charge is -2.17. The fourth-order valence-electron chi connectivity index (χ4n) is 1.10. The van der Waals surface area contributed by atoms with Crippen LogP contribution in [0.3, 0.4) is 0 Å². The van der Waals surface area contributed by atoms with Gasteiger partial charge >= 0.3 is 0 Å². The Morgan fingerprint density at radius 1 is 1.50 bits per heavy atom. The molecule has 0 spiro atoms. The molecule has 0 aromatic carbocycles. The van der Waals surface area contributed by atoms with Crippen LogP contribution in [0.2, 0.25) is 0 Å². The van der Waals surface area contributed by atoms with Crippen LogP contribution in [-0.2, 0) is 0 Å². The van der Waals surface area contributed by atoms with Crippen molar-refractivity contribution in [3.63, 3.8) is 0 Å². The van der Waals surface area contributed by atoms with E-state index in [0.717, 1.165) is 5.92 Å². The summed E-state index contributed by atoms with van der Waals surface area (Å²) in [5.74, 6) is 0.794. The van der Waals surface area contributed by atoms with Crippen molar-refractivity contribution in [3.05, 3.63) is 0 Å². The van der Waals surface area contributed by atoms with Crippen LogP contribution in [-0.4, -0.2) is 3.23 Å². The van der Waals surface area contributed by atoms with Crippen molar-refractivity contribution in [2.75, 3.05) is 0 Å². The average Bonchev–Trinajstić information content (AvgIpc) is 1.86. The lowest BCUT2D eigenvalue weighted by Crippen LogP contribution is -2.13. The molecular formula is C6H10Br2. The highest BCUT2D eigenvalue weighted by Crippen LogP contribution is 2.46. The van der Waals surface area contributed by atoms with Crippen LogP contribution in [0, 0.1) is 5.92 Å². The van der Waals surface area contributed by atoms with Gasteiger partial charge in [-0.1, -0.05) is 45.2 Å². The molecule has 1 aliphatic rings. The smallest absolute Gasteiger partial charge is 0.0724 e. The summed E-state index contributed by atoms with van der Waals surface area (Å²) in [5.41, 5.74) is 0. The van der Waals surface area contributed by atoms with Crippen molar-refractivity contribution >= 4 is 31.9 Å². The quantitative estimate of drug-likeness (QED) is 0.571. The van der Waals surface area contributed by atoms with E-state index in [9.17, 15) is 0 Å². The zero-order valence-electron chi connectivity index (χ0n) is 4.95. The minimum Gasteiger partial charge on any atom is -0.0724 e. The van der Waals surface area contributed by atoms with E-state index in [4.69, 9.17) is 0 Å². The maximum atomic E-state index is 3.62. The first kappa shape index (κ1) is 7.07. The molecule has 0 N–H and O–H groups in total. The molecule has 0 aliphatic heterocycles. The highest BCUT2D eigenvalue weighted by atomic mass is 79.9. The largest absolute Gasteiger partial charge is 0.0831 e. The van der Waals surface area contributed by atoms with E-state index in [1.165, 1.54) is 19.3 Å². The summed E-state index contributed by atoms with van der Waals surface area (Å²) >= 11 is 7.25. The molecule has 0 aromatic rings. The molecule has 1 unspecified atom stereocenters. The molecule has 0 bridgehead atoms. The Bertz CT molecular complexity index is 88.5. The molecule has 1 aliphatic carbocycles. The lowest BCUT2D eigenvalue weighted by atomic mass is 10.1. The second-order valence-corrected chi connectivity index (χ2v) is 6.45. The van der Waals surface area contributed by atoms with Gasteiger partial charge in [0.05, 0.1) is 3.23 Å². The average molecular weight is 242 g/mol. The summed E-state index contributed by atoms with van der Waals surface area (Å²) in [6.07, 6.45) is 3.99. The standard InChI is InChI=1S/C6H10Br2/c1-5-3-2-4-6(5,7)8/h5H,2-4H2,1H3. The Morgan fingerprint density at radius 2 is 2.12 bits per heavy atom. The number of halogens is 2. The van der Waals surface area contributed by atoms with Crippen LogP contribution in [0.15, 0.2) is 0 Å². The first-order valence-electron chi connectivity index (χ1n) is 3.01. The Labute approximate surface area is 67.3 Å². The van der Waals surface area contributed by atoms with Gasteiger partial charge in [0, 0.05) is 0 Å². The first-order chi connectivity index (χ1) is 3.63.